The molecule has 1 saturated heterocycles. The molecule has 0 atom stereocenters. The second kappa shape index (κ2) is 6.36. The summed E-state index contributed by atoms with van der Waals surface area (Å²) in [5.41, 5.74) is -0.0520. The molecular formula is C16H19N3O4. The summed E-state index contributed by atoms with van der Waals surface area (Å²) in [6.07, 6.45) is 3.42. The molecule has 1 aliphatic carbocycles. The first kappa shape index (κ1) is 15.5. The first-order chi connectivity index (χ1) is 11.0. The van der Waals surface area contributed by atoms with Crippen molar-refractivity contribution in [3.05, 3.63) is 29.6 Å². The van der Waals surface area contributed by atoms with Crippen LogP contribution in [-0.2, 0) is 4.79 Å². The van der Waals surface area contributed by atoms with Crippen LogP contribution in [0.15, 0.2) is 18.2 Å². The number of carbonyl (C=O) groups is 3. The number of carboxylic acid groups (broad SMARTS) is 1. The number of likely N-dealkylation sites (tertiary alicyclic amines) is 1. The van der Waals surface area contributed by atoms with E-state index in [2.05, 4.69) is 10.3 Å². The summed E-state index contributed by atoms with van der Waals surface area (Å²) in [6.45, 7) is 1.31. The predicted octanol–water partition coefficient (Wildman–Crippen LogP) is 0.911. The highest BCUT2D eigenvalue weighted by molar-refractivity contribution is 5.94. The molecule has 0 unspecified atom stereocenters. The second-order valence-electron chi connectivity index (χ2n) is 6.06. The number of amides is 2. The molecule has 0 aromatic carbocycles. The van der Waals surface area contributed by atoms with Crippen molar-refractivity contribution >= 4 is 17.8 Å². The molecule has 0 radical (unpaired) electrons. The van der Waals surface area contributed by atoms with Gasteiger partial charge in [0.2, 0.25) is 5.91 Å². The molecular weight excluding hydrogens is 298 g/mol. The number of aromatic nitrogens is 1. The zero-order valence-electron chi connectivity index (χ0n) is 12.7. The molecule has 1 aromatic heterocycles. The van der Waals surface area contributed by atoms with Gasteiger partial charge in [0.1, 0.15) is 11.4 Å². The van der Waals surface area contributed by atoms with Crippen LogP contribution in [0.4, 0.5) is 0 Å². The number of pyridine rings is 1. The molecule has 2 aliphatic rings. The maximum Gasteiger partial charge on any atom is 0.354 e. The van der Waals surface area contributed by atoms with Crippen molar-refractivity contribution in [1.82, 2.24) is 15.2 Å². The van der Waals surface area contributed by atoms with E-state index in [0.29, 0.717) is 25.9 Å². The monoisotopic (exact) mass is 317 g/mol. The van der Waals surface area contributed by atoms with Crippen LogP contribution < -0.4 is 5.32 Å². The largest absolute Gasteiger partial charge is 0.477 e. The van der Waals surface area contributed by atoms with Gasteiger partial charge in [0.25, 0.3) is 5.91 Å². The van der Waals surface area contributed by atoms with Gasteiger partial charge in [0.15, 0.2) is 0 Å². The van der Waals surface area contributed by atoms with Crippen molar-refractivity contribution < 1.29 is 19.5 Å². The number of nitrogens with one attached hydrogen (secondary N) is 1. The van der Waals surface area contributed by atoms with E-state index in [9.17, 15) is 14.4 Å². The van der Waals surface area contributed by atoms with E-state index in [1.165, 1.54) is 18.2 Å². The molecule has 23 heavy (non-hydrogen) atoms. The zero-order chi connectivity index (χ0) is 16.4. The van der Waals surface area contributed by atoms with Gasteiger partial charge in [-0.3, -0.25) is 9.59 Å². The molecule has 0 spiro atoms. The standard InChI is InChI=1S/C16H19N3O4/c20-14(12-2-1-3-13(18-12)16(22)23)17-11-6-8-19(9-7-11)15(21)10-4-5-10/h1-3,10-11H,4-9H2,(H,17,20)(H,22,23). The summed E-state index contributed by atoms with van der Waals surface area (Å²) in [6, 6.07) is 4.33. The first-order valence-electron chi connectivity index (χ1n) is 7.84. The van der Waals surface area contributed by atoms with Crippen LogP contribution in [0.3, 0.4) is 0 Å². The lowest BCUT2D eigenvalue weighted by molar-refractivity contribution is -0.133. The quantitative estimate of drug-likeness (QED) is 0.860. The van der Waals surface area contributed by atoms with Gasteiger partial charge in [-0.05, 0) is 37.8 Å². The van der Waals surface area contributed by atoms with E-state index in [1.54, 1.807) is 0 Å². The minimum absolute atomic E-state index is 0.0129. The van der Waals surface area contributed by atoms with Crippen molar-refractivity contribution in [3.8, 4) is 0 Å². The van der Waals surface area contributed by atoms with Crippen molar-refractivity contribution in [1.29, 1.82) is 0 Å². The number of hydrogen-bond donors (Lipinski definition) is 2. The summed E-state index contributed by atoms with van der Waals surface area (Å²) in [5.74, 6) is -1.07. The molecule has 0 bridgehead atoms. The van der Waals surface area contributed by atoms with Crippen LogP contribution in [0.2, 0.25) is 0 Å². The van der Waals surface area contributed by atoms with Gasteiger partial charge in [-0.25, -0.2) is 9.78 Å². The average Bonchev–Trinajstić information content (AvgIpc) is 3.40. The lowest BCUT2D eigenvalue weighted by atomic mass is 10.0. The Morgan fingerprint density at radius 1 is 1.09 bits per heavy atom. The number of aromatic carboxylic acids is 1. The minimum atomic E-state index is -1.16. The van der Waals surface area contributed by atoms with E-state index >= 15 is 0 Å². The Hall–Kier alpha value is -2.44. The Morgan fingerprint density at radius 3 is 2.35 bits per heavy atom. The molecule has 3 rings (SSSR count). The average molecular weight is 317 g/mol. The number of piperidine rings is 1. The number of hydrogen-bond acceptors (Lipinski definition) is 4. The first-order valence-corrected chi connectivity index (χ1v) is 7.84. The van der Waals surface area contributed by atoms with Crippen LogP contribution in [-0.4, -0.2) is 51.9 Å². The fraction of sp³-hybridized carbons (Fsp3) is 0.500. The molecule has 1 aliphatic heterocycles. The van der Waals surface area contributed by atoms with E-state index in [-0.39, 0.29) is 35.2 Å². The lowest BCUT2D eigenvalue weighted by Gasteiger charge is -2.32. The molecule has 2 amide bonds. The maximum atomic E-state index is 12.2. The Labute approximate surface area is 133 Å². The Balaban J connectivity index is 1.53. The van der Waals surface area contributed by atoms with Crippen LogP contribution in [0.25, 0.3) is 0 Å². The molecule has 2 fully saturated rings. The molecule has 1 aromatic rings. The van der Waals surface area contributed by atoms with Gasteiger partial charge in [-0.15, -0.1) is 0 Å². The summed E-state index contributed by atoms with van der Waals surface area (Å²) in [5, 5.41) is 11.8. The summed E-state index contributed by atoms with van der Waals surface area (Å²) in [7, 11) is 0. The van der Waals surface area contributed by atoms with E-state index in [1.807, 2.05) is 4.90 Å². The molecule has 2 heterocycles. The third-order valence-electron chi connectivity index (χ3n) is 4.27. The third kappa shape index (κ3) is 3.67. The smallest absolute Gasteiger partial charge is 0.354 e. The van der Waals surface area contributed by atoms with E-state index < -0.39 is 5.97 Å². The van der Waals surface area contributed by atoms with Gasteiger partial charge in [0, 0.05) is 25.0 Å². The molecule has 1 saturated carbocycles. The summed E-state index contributed by atoms with van der Waals surface area (Å²) >= 11 is 0. The van der Waals surface area contributed by atoms with Gasteiger partial charge in [-0.2, -0.15) is 0 Å². The summed E-state index contributed by atoms with van der Waals surface area (Å²) < 4.78 is 0. The number of nitrogens with zero attached hydrogens (tertiary/aromatic N) is 2. The van der Waals surface area contributed by atoms with Crippen LogP contribution in [0, 0.1) is 5.92 Å². The van der Waals surface area contributed by atoms with Crippen LogP contribution in [0.5, 0.6) is 0 Å². The molecule has 7 heteroatoms. The molecule has 122 valence electrons. The Morgan fingerprint density at radius 2 is 1.74 bits per heavy atom. The summed E-state index contributed by atoms with van der Waals surface area (Å²) in [4.78, 5) is 40.8. The second-order valence-corrected chi connectivity index (χ2v) is 6.06. The van der Waals surface area contributed by atoms with Crippen LogP contribution in [0.1, 0.15) is 46.7 Å². The molecule has 7 nitrogen and oxygen atoms in total. The fourth-order valence-corrected chi connectivity index (χ4v) is 2.77. The van der Waals surface area contributed by atoms with E-state index in [0.717, 1.165) is 12.8 Å². The van der Waals surface area contributed by atoms with Crippen LogP contribution >= 0.6 is 0 Å². The van der Waals surface area contributed by atoms with Crippen molar-refractivity contribution in [3.63, 3.8) is 0 Å². The third-order valence-corrected chi connectivity index (χ3v) is 4.27. The van der Waals surface area contributed by atoms with Crippen molar-refractivity contribution in [2.24, 2.45) is 5.92 Å². The highest BCUT2D eigenvalue weighted by Gasteiger charge is 2.35. The molecule has 2 N–H and O–H groups in total. The van der Waals surface area contributed by atoms with Gasteiger partial charge in [-0.1, -0.05) is 6.07 Å². The maximum absolute atomic E-state index is 12.2. The predicted molar refractivity (Wildman–Crippen MR) is 81.0 cm³/mol. The minimum Gasteiger partial charge on any atom is -0.477 e. The van der Waals surface area contributed by atoms with Crippen molar-refractivity contribution in [2.75, 3.05) is 13.1 Å². The number of carboxylic acids is 1. The van der Waals surface area contributed by atoms with Gasteiger partial charge >= 0.3 is 5.97 Å². The Kier molecular flexibility index (Phi) is 4.27. The normalized spacial score (nSPS) is 18.5. The topological polar surface area (TPSA) is 99.6 Å². The highest BCUT2D eigenvalue weighted by atomic mass is 16.4. The Bertz CT molecular complexity index is 634. The van der Waals surface area contributed by atoms with E-state index in [4.69, 9.17) is 5.11 Å². The van der Waals surface area contributed by atoms with Crippen molar-refractivity contribution in [2.45, 2.75) is 31.7 Å². The SMILES string of the molecule is O=C(O)c1cccc(C(=O)NC2CCN(C(=O)C3CC3)CC2)n1. The lowest BCUT2D eigenvalue weighted by Crippen LogP contribution is -2.47. The number of rotatable bonds is 4. The zero-order valence-corrected chi connectivity index (χ0v) is 12.7. The van der Waals surface area contributed by atoms with Gasteiger partial charge < -0.3 is 15.3 Å². The number of carbonyl (C=O) groups excluding carboxylic acids is 2. The highest BCUT2D eigenvalue weighted by Crippen LogP contribution is 2.31. The van der Waals surface area contributed by atoms with Gasteiger partial charge in [0.05, 0.1) is 0 Å². The fourth-order valence-electron chi connectivity index (χ4n) is 2.77.